The van der Waals surface area contributed by atoms with E-state index in [0.29, 0.717) is 22.2 Å². The van der Waals surface area contributed by atoms with Crippen LogP contribution in [0.4, 0.5) is 5.69 Å². The van der Waals surface area contributed by atoms with Gasteiger partial charge in [-0.05, 0) is 24.3 Å². The molecule has 0 saturated heterocycles. The molecule has 0 radical (unpaired) electrons. The molecule has 0 bridgehead atoms. The number of nitrogens with zero attached hydrogens (tertiary/aromatic N) is 1. The van der Waals surface area contributed by atoms with E-state index in [0.717, 1.165) is 15.2 Å². The lowest BCUT2D eigenvalue weighted by atomic mass is 10.2. The molecule has 1 aromatic heterocycles. The second kappa shape index (κ2) is 7.55. The molecule has 0 aliphatic rings. The van der Waals surface area contributed by atoms with Crippen molar-refractivity contribution in [3.63, 3.8) is 0 Å². The molecule has 3 aromatic rings. The van der Waals surface area contributed by atoms with E-state index in [2.05, 4.69) is 10.3 Å². The number of aromatic nitrogens is 1. The topological polar surface area (TPSA) is 60.5 Å². The van der Waals surface area contributed by atoms with Crippen LogP contribution in [0.15, 0.2) is 42.5 Å². The third-order valence-corrected chi connectivity index (χ3v) is 4.72. The highest BCUT2D eigenvalue weighted by molar-refractivity contribution is 7.19. The lowest BCUT2D eigenvalue weighted by Gasteiger charge is -2.12. The molecule has 7 heteroatoms. The number of ether oxygens (including phenoxy) is 2. The fourth-order valence-electron chi connectivity index (χ4n) is 2.24. The van der Waals surface area contributed by atoms with Gasteiger partial charge in [-0.15, -0.1) is 11.3 Å². The van der Waals surface area contributed by atoms with Gasteiger partial charge in [0.2, 0.25) is 5.91 Å². The number of amides is 1. The standard InChI is InChI=1S/C18H15ClN2O3S/c1-23-14-10-15(24-2)13(9-11(14)19)20-17(22)7-8-18-21-12-5-3-4-6-16(12)25-18/h3-10H,1-2H3,(H,20,22)/b8-7+. The summed E-state index contributed by atoms with van der Waals surface area (Å²) in [6.07, 6.45) is 3.10. The Morgan fingerprint density at radius 1 is 1.20 bits per heavy atom. The second-order valence-electron chi connectivity index (χ2n) is 5.03. The van der Waals surface area contributed by atoms with Crippen LogP contribution in [0.1, 0.15) is 5.01 Å². The van der Waals surface area contributed by atoms with Crippen LogP contribution in [-0.4, -0.2) is 25.1 Å². The Labute approximate surface area is 153 Å². The van der Waals surface area contributed by atoms with E-state index in [1.54, 1.807) is 18.2 Å². The average Bonchev–Trinajstić information content (AvgIpc) is 3.03. The van der Waals surface area contributed by atoms with Gasteiger partial charge in [-0.25, -0.2) is 4.98 Å². The van der Waals surface area contributed by atoms with Gasteiger partial charge in [0.05, 0.1) is 35.1 Å². The molecule has 1 amide bonds. The molecular formula is C18H15ClN2O3S. The zero-order valence-corrected chi connectivity index (χ0v) is 15.1. The Hall–Kier alpha value is -2.57. The fourth-order valence-corrected chi connectivity index (χ4v) is 3.35. The maximum Gasteiger partial charge on any atom is 0.248 e. The molecule has 25 heavy (non-hydrogen) atoms. The van der Waals surface area contributed by atoms with E-state index in [1.165, 1.54) is 31.6 Å². The number of para-hydroxylation sites is 1. The van der Waals surface area contributed by atoms with Crippen molar-refractivity contribution in [1.29, 1.82) is 0 Å². The summed E-state index contributed by atoms with van der Waals surface area (Å²) in [5, 5.41) is 3.89. The zero-order chi connectivity index (χ0) is 17.8. The minimum atomic E-state index is -0.307. The van der Waals surface area contributed by atoms with E-state index in [4.69, 9.17) is 21.1 Å². The number of anilines is 1. The third kappa shape index (κ3) is 3.92. The van der Waals surface area contributed by atoms with Crippen molar-refractivity contribution in [3.05, 3.63) is 52.5 Å². The molecule has 0 aliphatic carbocycles. The number of benzene rings is 2. The fraction of sp³-hybridized carbons (Fsp3) is 0.111. The summed E-state index contributed by atoms with van der Waals surface area (Å²) in [7, 11) is 3.02. The van der Waals surface area contributed by atoms with Crippen molar-refractivity contribution in [2.75, 3.05) is 19.5 Å². The van der Waals surface area contributed by atoms with E-state index in [9.17, 15) is 4.79 Å². The number of fused-ring (bicyclic) bond motifs is 1. The summed E-state index contributed by atoms with van der Waals surface area (Å²) in [5.74, 6) is 0.628. The summed E-state index contributed by atoms with van der Waals surface area (Å²) in [5.41, 5.74) is 1.38. The van der Waals surface area contributed by atoms with Crippen LogP contribution in [0.25, 0.3) is 16.3 Å². The normalized spacial score (nSPS) is 11.0. The van der Waals surface area contributed by atoms with Gasteiger partial charge in [-0.2, -0.15) is 0 Å². The Kier molecular flexibility index (Phi) is 5.21. The number of methoxy groups -OCH3 is 2. The summed E-state index contributed by atoms with van der Waals surface area (Å²) in [6.45, 7) is 0. The smallest absolute Gasteiger partial charge is 0.248 e. The van der Waals surface area contributed by atoms with Gasteiger partial charge in [0, 0.05) is 12.1 Å². The minimum Gasteiger partial charge on any atom is -0.495 e. The molecular weight excluding hydrogens is 360 g/mol. The number of hydrogen-bond donors (Lipinski definition) is 1. The van der Waals surface area contributed by atoms with Crippen LogP contribution in [0.3, 0.4) is 0 Å². The van der Waals surface area contributed by atoms with Gasteiger partial charge < -0.3 is 14.8 Å². The predicted molar refractivity (Wildman–Crippen MR) is 102 cm³/mol. The van der Waals surface area contributed by atoms with Gasteiger partial charge in [0.1, 0.15) is 16.5 Å². The number of hydrogen-bond acceptors (Lipinski definition) is 5. The molecule has 128 valence electrons. The van der Waals surface area contributed by atoms with Crippen molar-refractivity contribution in [3.8, 4) is 11.5 Å². The van der Waals surface area contributed by atoms with Crippen molar-refractivity contribution < 1.29 is 14.3 Å². The summed E-state index contributed by atoms with van der Waals surface area (Å²) in [4.78, 5) is 16.6. The number of rotatable bonds is 5. The van der Waals surface area contributed by atoms with Crippen LogP contribution < -0.4 is 14.8 Å². The molecule has 1 N–H and O–H groups in total. The maximum atomic E-state index is 12.2. The van der Waals surface area contributed by atoms with Crippen LogP contribution >= 0.6 is 22.9 Å². The lowest BCUT2D eigenvalue weighted by Crippen LogP contribution is -2.09. The van der Waals surface area contributed by atoms with E-state index in [1.807, 2.05) is 24.3 Å². The SMILES string of the molecule is COc1cc(OC)c(NC(=O)/C=C/c2nc3ccccc3s2)cc1Cl. The molecule has 2 aromatic carbocycles. The van der Waals surface area contributed by atoms with Gasteiger partial charge >= 0.3 is 0 Å². The molecule has 3 rings (SSSR count). The Morgan fingerprint density at radius 2 is 1.96 bits per heavy atom. The minimum absolute atomic E-state index is 0.307. The number of thiazole rings is 1. The molecule has 0 spiro atoms. The highest BCUT2D eigenvalue weighted by Crippen LogP contribution is 2.35. The predicted octanol–water partition coefficient (Wildman–Crippen LogP) is 4.62. The summed E-state index contributed by atoms with van der Waals surface area (Å²) in [6, 6.07) is 11.0. The van der Waals surface area contributed by atoms with Crippen molar-refractivity contribution in [2.24, 2.45) is 0 Å². The Balaban J connectivity index is 1.77. The first kappa shape index (κ1) is 17.3. The molecule has 0 fully saturated rings. The van der Waals surface area contributed by atoms with Gasteiger partial charge in [0.25, 0.3) is 0 Å². The highest BCUT2D eigenvalue weighted by Gasteiger charge is 2.11. The quantitative estimate of drug-likeness (QED) is 0.662. The molecule has 0 atom stereocenters. The number of carbonyl (C=O) groups excluding carboxylic acids is 1. The first-order valence-corrected chi connectivity index (χ1v) is 8.56. The Bertz CT molecular complexity index is 920. The summed E-state index contributed by atoms with van der Waals surface area (Å²) >= 11 is 7.62. The second-order valence-corrected chi connectivity index (χ2v) is 6.50. The van der Waals surface area contributed by atoms with Crippen molar-refractivity contribution in [1.82, 2.24) is 4.98 Å². The monoisotopic (exact) mass is 374 g/mol. The number of carbonyl (C=O) groups is 1. The van der Waals surface area contributed by atoms with Gasteiger partial charge in [0.15, 0.2) is 0 Å². The largest absolute Gasteiger partial charge is 0.495 e. The zero-order valence-electron chi connectivity index (χ0n) is 13.6. The van der Waals surface area contributed by atoms with Crippen LogP contribution in [0, 0.1) is 0 Å². The molecule has 0 unspecified atom stereocenters. The Morgan fingerprint density at radius 3 is 2.68 bits per heavy atom. The maximum absolute atomic E-state index is 12.2. The van der Waals surface area contributed by atoms with Crippen LogP contribution in [0.5, 0.6) is 11.5 Å². The van der Waals surface area contributed by atoms with Crippen LogP contribution in [0.2, 0.25) is 5.02 Å². The highest BCUT2D eigenvalue weighted by atomic mass is 35.5. The summed E-state index contributed by atoms with van der Waals surface area (Å²) < 4.78 is 11.5. The molecule has 0 aliphatic heterocycles. The van der Waals surface area contributed by atoms with Crippen molar-refractivity contribution in [2.45, 2.75) is 0 Å². The first-order valence-electron chi connectivity index (χ1n) is 7.37. The number of halogens is 1. The van der Waals surface area contributed by atoms with E-state index >= 15 is 0 Å². The molecule has 1 heterocycles. The van der Waals surface area contributed by atoms with Crippen molar-refractivity contribution >= 4 is 50.8 Å². The van der Waals surface area contributed by atoms with E-state index in [-0.39, 0.29) is 5.91 Å². The van der Waals surface area contributed by atoms with Gasteiger partial charge in [-0.3, -0.25) is 4.79 Å². The third-order valence-electron chi connectivity index (χ3n) is 3.42. The van der Waals surface area contributed by atoms with Gasteiger partial charge in [-0.1, -0.05) is 23.7 Å². The molecule has 0 saturated carbocycles. The number of nitrogens with one attached hydrogen (secondary N) is 1. The van der Waals surface area contributed by atoms with Crippen LogP contribution in [-0.2, 0) is 4.79 Å². The van der Waals surface area contributed by atoms with E-state index < -0.39 is 0 Å². The molecule has 5 nitrogen and oxygen atoms in total. The first-order chi connectivity index (χ1) is 12.1. The lowest BCUT2D eigenvalue weighted by molar-refractivity contribution is -0.111. The average molecular weight is 375 g/mol.